The van der Waals surface area contributed by atoms with E-state index in [1.807, 2.05) is 0 Å². The third-order valence-electron chi connectivity index (χ3n) is 1.16. The summed E-state index contributed by atoms with van der Waals surface area (Å²) in [5.74, 6) is 0.538. The van der Waals surface area contributed by atoms with Crippen molar-refractivity contribution in [1.29, 1.82) is 0 Å². The standard InChI is InChI=1S/C5H9N5O2/c1-7-5(10-11-2)3-4(6)9-12-8-3/h1-2H3,(H2,6,9)(H,7,10). The molecule has 7 heteroatoms. The minimum atomic E-state index is 0.167. The van der Waals surface area contributed by atoms with Gasteiger partial charge in [0.15, 0.2) is 17.3 Å². The average molecular weight is 171 g/mol. The molecule has 66 valence electrons. The number of rotatable bonds is 2. The van der Waals surface area contributed by atoms with Gasteiger partial charge in [-0.1, -0.05) is 0 Å². The molecular formula is C5H9N5O2. The average Bonchev–Trinajstić information content (AvgIpc) is 2.47. The lowest BCUT2D eigenvalue weighted by atomic mass is 10.4. The van der Waals surface area contributed by atoms with Crippen LogP contribution in [0.5, 0.6) is 0 Å². The van der Waals surface area contributed by atoms with E-state index in [1.54, 1.807) is 7.05 Å². The monoisotopic (exact) mass is 171 g/mol. The number of hydrogen-bond donors (Lipinski definition) is 2. The third kappa shape index (κ3) is 1.51. The van der Waals surface area contributed by atoms with Gasteiger partial charge in [0.25, 0.3) is 0 Å². The number of aromatic nitrogens is 2. The fourth-order valence-corrected chi connectivity index (χ4v) is 0.656. The van der Waals surface area contributed by atoms with Gasteiger partial charge in [-0.3, -0.25) is 9.83 Å². The van der Waals surface area contributed by atoms with Crippen molar-refractivity contribution in [1.82, 2.24) is 15.8 Å². The van der Waals surface area contributed by atoms with Gasteiger partial charge in [-0.25, -0.2) is 10.1 Å². The van der Waals surface area contributed by atoms with E-state index in [2.05, 4.69) is 30.3 Å². The Bertz CT molecular complexity index is 281. The van der Waals surface area contributed by atoms with Crippen molar-refractivity contribution < 1.29 is 9.47 Å². The second-order valence-electron chi connectivity index (χ2n) is 1.88. The lowest BCUT2D eigenvalue weighted by molar-refractivity contribution is 0.144. The van der Waals surface area contributed by atoms with Gasteiger partial charge in [0.05, 0.1) is 7.11 Å². The van der Waals surface area contributed by atoms with Gasteiger partial charge in [-0.15, -0.1) is 0 Å². The second kappa shape index (κ2) is 3.67. The molecule has 0 atom stereocenters. The molecule has 0 aliphatic rings. The van der Waals surface area contributed by atoms with Gasteiger partial charge in [-0.2, -0.15) is 0 Å². The Morgan fingerprint density at radius 1 is 1.67 bits per heavy atom. The number of nitrogens with one attached hydrogen (secondary N) is 1. The van der Waals surface area contributed by atoms with Crippen molar-refractivity contribution in [2.24, 2.45) is 4.99 Å². The highest BCUT2D eigenvalue weighted by Gasteiger charge is 2.12. The van der Waals surface area contributed by atoms with Crippen LogP contribution in [0.2, 0.25) is 0 Å². The van der Waals surface area contributed by atoms with E-state index in [0.29, 0.717) is 11.5 Å². The van der Waals surface area contributed by atoms with E-state index in [9.17, 15) is 0 Å². The number of nitrogens with two attached hydrogens (primary N) is 1. The first-order valence-electron chi connectivity index (χ1n) is 3.13. The highest BCUT2D eigenvalue weighted by Crippen LogP contribution is 2.03. The van der Waals surface area contributed by atoms with Crippen LogP contribution in [0.1, 0.15) is 5.69 Å². The second-order valence-corrected chi connectivity index (χ2v) is 1.88. The van der Waals surface area contributed by atoms with Gasteiger partial charge in [0.2, 0.25) is 0 Å². The van der Waals surface area contributed by atoms with Gasteiger partial charge in [-0.05, 0) is 10.3 Å². The first kappa shape index (κ1) is 8.47. The first-order chi connectivity index (χ1) is 5.79. The van der Waals surface area contributed by atoms with Crippen LogP contribution < -0.4 is 11.2 Å². The SMILES string of the molecule is CN=C(NOC)c1nonc1N. The van der Waals surface area contributed by atoms with Gasteiger partial charge in [0, 0.05) is 7.05 Å². The third-order valence-corrected chi connectivity index (χ3v) is 1.16. The van der Waals surface area contributed by atoms with Crippen LogP contribution in [0.25, 0.3) is 0 Å². The maximum absolute atomic E-state index is 5.40. The molecule has 1 rings (SSSR count). The Kier molecular flexibility index (Phi) is 2.59. The smallest absolute Gasteiger partial charge is 0.199 e. The van der Waals surface area contributed by atoms with Gasteiger partial charge < -0.3 is 5.73 Å². The largest absolute Gasteiger partial charge is 0.379 e. The van der Waals surface area contributed by atoms with Crippen LogP contribution in [0.3, 0.4) is 0 Å². The normalized spacial score (nSPS) is 11.7. The molecule has 0 aliphatic carbocycles. The maximum atomic E-state index is 5.40. The van der Waals surface area contributed by atoms with Crippen molar-refractivity contribution >= 4 is 11.7 Å². The fourth-order valence-electron chi connectivity index (χ4n) is 0.656. The highest BCUT2D eigenvalue weighted by molar-refractivity contribution is 5.99. The Balaban J connectivity index is 2.88. The Labute approximate surface area is 68.5 Å². The van der Waals surface area contributed by atoms with Crippen LogP contribution >= 0.6 is 0 Å². The summed E-state index contributed by atoms with van der Waals surface area (Å²) >= 11 is 0. The van der Waals surface area contributed by atoms with Crippen molar-refractivity contribution in [2.75, 3.05) is 19.9 Å². The lowest BCUT2D eigenvalue weighted by Crippen LogP contribution is -2.24. The van der Waals surface area contributed by atoms with Crippen molar-refractivity contribution in [3.8, 4) is 0 Å². The van der Waals surface area contributed by atoms with E-state index < -0.39 is 0 Å². The highest BCUT2D eigenvalue weighted by atomic mass is 16.6. The molecule has 0 bridgehead atoms. The first-order valence-corrected chi connectivity index (χ1v) is 3.13. The molecule has 0 aliphatic heterocycles. The molecule has 0 aromatic carbocycles. The molecule has 0 radical (unpaired) electrons. The van der Waals surface area contributed by atoms with E-state index in [4.69, 9.17) is 5.73 Å². The molecule has 3 N–H and O–H groups in total. The maximum Gasteiger partial charge on any atom is 0.199 e. The zero-order chi connectivity index (χ0) is 8.97. The van der Waals surface area contributed by atoms with Crippen LogP contribution in [-0.4, -0.2) is 30.3 Å². The minimum Gasteiger partial charge on any atom is -0.379 e. The number of nitrogens with zero attached hydrogens (tertiary/aromatic N) is 3. The van der Waals surface area contributed by atoms with Crippen molar-refractivity contribution in [3.05, 3.63) is 5.69 Å². The predicted molar refractivity (Wildman–Crippen MR) is 41.3 cm³/mol. The molecular weight excluding hydrogens is 162 g/mol. The molecule has 0 unspecified atom stereocenters. The van der Waals surface area contributed by atoms with Crippen LogP contribution in [-0.2, 0) is 4.84 Å². The predicted octanol–water partition coefficient (Wildman–Crippen LogP) is -0.821. The van der Waals surface area contributed by atoms with Crippen LogP contribution in [0, 0.1) is 0 Å². The van der Waals surface area contributed by atoms with Crippen LogP contribution in [0.4, 0.5) is 5.82 Å². The zero-order valence-corrected chi connectivity index (χ0v) is 6.74. The number of anilines is 1. The Morgan fingerprint density at radius 3 is 2.83 bits per heavy atom. The van der Waals surface area contributed by atoms with Crippen molar-refractivity contribution in [3.63, 3.8) is 0 Å². The molecule has 1 aromatic rings. The van der Waals surface area contributed by atoms with Gasteiger partial charge in [0.1, 0.15) is 0 Å². The minimum absolute atomic E-state index is 0.167. The summed E-state index contributed by atoms with van der Waals surface area (Å²) < 4.78 is 4.37. The molecule has 0 amide bonds. The summed E-state index contributed by atoms with van der Waals surface area (Å²) in [5, 5.41) is 6.90. The number of hydrogen-bond acceptors (Lipinski definition) is 6. The summed E-state index contributed by atoms with van der Waals surface area (Å²) in [6.45, 7) is 0. The summed E-state index contributed by atoms with van der Waals surface area (Å²) in [5.41, 5.74) is 8.22. The number of aliphatic imine (C=N–C) groups is 1. The quantitative estimate of drug-likeness (QED) is 0.342. The number of hydroxylamine groups is 1. The fraction of sp³-hybridized carbons (Fsp3) is 0.400. The molecule has 0 fully saturated rings. The zero-order valence-electron chi connectivity index (χ0n) is 6.74. The lowest BCUT2D eigenvalue weighted by Gasteiger charge is -2.01. The molecule has 0 saturated heterocycles. The molecule has 0 spiro atoms. The molecule has 1 heterocycles. The van der Waals surface area contributed by atoms with E-state index in [-0.39, 0.29) is 5.82 Å². The molecule has 0 saturated carbocycles. The van der Waals surface area contributed by atoms with E-state index >= 15 is 0 Å². The van der Waals surface area contributed by atoms with E-state index in [0.717, 1.165) is 0 Å². The van der Waals surface area contributed by atoms with Crippen LogP contribution in [0.15, 0.2) is 9.62 Å². The summed E-state index contributed by atoms with van der Waals surface area (Å²) in [7, 11) is 3.02. The summed E-state index contributed by atoms with van der Waals surface area (Å²) in [6, 6.07) is 0. The molecule has 7 nitrogen and oxygen atoms in total. The topological polar surface area (TPSA) is 98.6 Å². The Morgan fingerprint density at radius 2 is 2.42 bits per heavy atom. The molecule has 1 aromatic heterocycles. The summed E-state index contributed by atoms with van der Waals surface area (Å²) in [4.78, 5) is 8.45. The Hall–Kier alpha value is -1.63. The summed E-state index contributed by atoms with van der Waals surface area (Å²) in [6.07, 6.45) is 0. The number of nitrogen functional groups attached to an aromatic ring is 1. The number of amidine groups is 1. The van der Waals surface area contributed by atoms with Crippen molar-refractivity contribution in [2.45, 2.75) is 0 Å². The molecule has 12 heavy (non-hydrogen) atoms. The van der Waals surface area contributed by atoms with E-state index in [1.165, 1.54) is 7.11 Å². The van der Waals surface area contributed by atoms with Gasteiger partial charge >= 0.3 is 0 Å².